The number of carbonyl (C=O) groups is 1. The Morgan fingerprint density at radius 2 is 1.87 bits per heavy atom. The van der Waals surface area contributed by atoms with Crippen LogP contribution in [0.5, 0.6) is 0 Å². The van der Waals surface area contributed by atoms with Crippen molar-refractivity contribution in [2.24, 2.45) is 0 Å². The Balaban J connectivity index is 1.60. The summed E-state index contributed by atoms with van der Waals surface area (Å²) in [7, 11) is 0. The van der Waals surface area contributed by atoms with Gasteiger partial charge in [-0.1, -0.05) is 58.4 Å². The van der Waals surface area contributed by atoms with E-state index in [1.54, 1.807) is 24.3 Å². The van der Waals surface area contributed by atoms with Gasteiger partial charge in [-0.3, -0.25) is 4.79 Å². The Bertz CT molecular complexity index is 1070. The normalized spacial score (nSPS) is 19.3. The highest BCUT2D eigenvalue weighted by Crippen LogP contribution is 2.43. The predicted octanol–water partition coefficient (Wildman–Crippen LogP) is 5.80. The summed E-state index contributed by atoms with van der Waals surface area (Å²) in [4.78, 5) is 12.7. The van der Waals surface area contributed by atoms with Crippen LogP contribution in [-0.2, 0) is 0 Å². The van der Waals surface area contributed by atoms with Crippen LogP contribution in [0, 0.1) is 0 Å². The number of alkyl halides is 3. The molecule has 31 heavy (non-hydrogen) atoms. The van der Waals surface area contributed by atoms with E-state index in [-0.39, 0.29) is 24.0 Å². The quantitative estimate of drug-likeness (QED) is 0.484. The molecule has 3 aromatic rings. The van der Waals surface area contributed by atoms with E-state index >= 15 is 0 Å². The van der Waals surface area contributed by atoms with E-state index in [1.165, 1.54) is 6.07 Å². The minimum atomic E-state index is -4.50. The van der Waals surface area contributed by atoms with Crippen molar-refractivity contribution in [1.82, 2.24) is 15.1 Å². The lowest BCUT2D eigenvalue weighted by atomic mass is 9.97. The lowest BCUT2D eigenvalue weighted by Crippen LogP contribution is -2.35. The first-order chi connectivity index (χ1) is 14.7. The first-order valence-electron chi connectivity index (χ1n) is 9.76. The number of amides is 1. The highest BCUT2D eigenvalue weighted by atomic mass is 79.9. The molecular formula is C22H20BrF3N4O. The van der Waals surface area contributed by atoms with Gasteiger partial charge in [0.15, 0.2) is 11.7 Å². The minimum Gasteiger partial charge on any atom is -0.363 e. The average molecular weight is 493 g/mol. The van der Waals surface area contributed by atoms with Gasteiger partial charge in [0, 0.05) is 17.0 Å². The summed E-state index contributed by atoms with van der Waals surface area (Å²) < 4.78 is 43.2. The summed E-state index contributed by atoms with van der Waals surface area (Å²) in [6.07, 6.45) is -4.72. The van der Waals surface area contributed by atoms with Gasteiger partial charge in [-0.2, -0.15) is 18.3 Å². The van der Waals surface area contributed by atoms with Crippen molar-refractivity contribution in [1.29, 1.82) is 0 Å². The average Bonchev–Trinajstić information content (AvgIpc) is 3.17. The molecule has 2 aromatic carbocycles. The van der Waals surface area contributed by atoms with Crippen molar-refractivity contribution < 1.29 is 18.0 Å². The van der Waals surface area contributed by atoms with Crippen molar-refractivity contribution >= 4 is 27.7 Å². The topological polar surface area (TPSA) is 59.0 Å². The van der Waals surface area contributed by atoms with Gasteiger partial charge in [-0.25, -0.2) is 4.68 Å². The Kier molecular flexibility index (Phi) is 5.79. The molecule has 162 valence electrons. The molecule has 9 heteroatoms. The molecule has 0 unspecified atom stereocenters. The number of fused-ring (bicyclic) bond motifs is 1. The van der Waals surface area contributed by atoms with Crippen LogP contribution in [0.25, 0.3) is 0 Å². The van der Waals surface area contributed by atoms with E-state index in [0.29, 0.717) is 0 Å². The molecule has 0 aliphatic carbocycles. The van der Waals surface area contributed by atoms with E-state index in [0.717, 1.165) is 20.3 Å². The van der Waals surface area contributed by atoms with Gasteiger partial charge < -0.3 is 10.6 Å². The summed E-state index contributed by atoms with van der Waals surface area (Å²) >= 11 is 3.34. The highest BCUT2D eigenvalue weighted by Gasteiger charge is 2.46. The molecule has 1 aliphatic rings. The maximum Gasteiger partial charge on any atom is 0.410 e. The number of nitrogens with one attached hydrogen (secondary N) is 2. The third-order valence-corrected chi connectivity index (χ3v) is 5.87. The number of hydrogen-bond donors (Lipinski definition) is 2. The van der Waals surface area contributed by atoms with E-state index in [9.17, 15) is 18.0 Å². The zero-order valence-electron chi connectivity index (χ0n) is 16.5. The summed E-state index contributed by atoms with van der Waals surface area (Å²) in [5.74, 6) is -0.361. The van der Waals surface area contributed by atoms with Crippen molar-refractivity contribution in [2.75, 3.05) is 5.32 Å². The molecule has 5 nitrogen and oxygen atoms in total. The molecule has 0 saturated carbocycles. The van der Waals surface area contributed by atoms with Crippen LogP contribution in [0.4, 0.5) is 19.0 Å². The number of nitrogens with zero attached hydrogens (tertiary/aromatic N) is 2. The number of anilines is 1. The van der Waals surface area contributed by atoms with Gasteiger partial charge in [-0.15, -0.1) is 0 Å². The van der Waals surface area contributed by atoms with Gasteiger partial charge in [0.25, 0.3) is 5.91 Å². The van der Waals surface area contributed by atoms with Gasteiger partial charge in [0.05, 0.1) is 12.1 Å². The molecule has 2 N–H and O–H groups in total. The highest BCUT2D eigenvalue weighted by molar-refractivity contribution is 9.10. The van der Waals surface area contributed by atoms with Crippen molar-refractivity contribution in [2.45, 2.75) is 37.6 Å². The van der Waals surface area contributed by atoms with Crippen LogP contribution < -0.4 is 10.6 Å². The SMILES string of the molecule is C[C@@H](NC(=O)c1cc2n(n1)[C@@H](C(F)(F)F)C[C@H](c1ccc(Br)cc1)N2)c1ccccc1. The van der Waals surface area contributed by atoms with Crippen LogP contribution >= 0.6 is 15.9 Å². The van der Waals surface area contributed by atoms with Crippen LogP contribution in [0.15, 0.2) is 65.1 Å². The van der Waals surface area contributed by atoms with Gasteiger partial charge in [0.2, 0.25) is 0 Å². The van der Waals surface area contributed by atoms with E-state index in [1.807, 2.05) is 37.3 Å². The number of rotatable bonds is 4. The maximum absolute atomic E-state index is 13.8. The summed E-state index contributed by atoms with van der Waals surface area (Å²) in [5, 5.41) is 9.90. The van der Waals surface area contributed by atoms with Gasteiger partial charge >= 0.3 is 6.18 Å². The summed E-state index contributed by atoms with van der Waals surface area (Å²) in [6, 6.07) is 15.1. The monoisotopic (exact) mass is 492 g/mol. The number of hydrogen-bond acceptors (Lipinski definition) is 3. The minimum absolute atomic E-state index is 0.0593. The van der Waals surface area contributed by atoms with Crippen LogP contribution in [0.1, 0.15) is 53.1 Å². The molecule has 3 atom stereocenters. The first-order valence-corrected chi connectivity index (χ1v) is 10.6. The van der Waals surface area contributed by atoms with Crippen molar-refractivity contribution in [3.63, 3.8) is 0 Å². The predicted molar refractivity (Wildman–Crippen MR) is 115 cm³/mol. The fourth-order valence-corrected chi connectivity index (χ4v) is 3.96. The second-order valence-electron chi connectivity index (χ2n) is 7.51. The molecule has 0 fully saturated rings. The molecule has 0 bridgehead atoms. The lowest BCUT2D eigenvalue weighted by Gasteiger charge is -2.33. The third kappa shape index (κ3) is 4.61. The molecule has 1 amide bonds. The molecule has 1 aliphatic heterocycles. The Hall–Kier alpha value is -2.81. The molecule has 2 heterocycles. The second-order valence-corrected chi connectivity index (χ2v) is 8.42. The third-order valence-electron chi connectivity index (χ3n) is 5.34. The van der Waals surface area contributed by atoms with Crippen molar-refractivity contribution in [3.05, 3.63) is 82.0 Å². The standard InChI is InChI=1S/C22H20BrF3N4O/c1-13(14-5-3-2-4-6-14)27-21(31)18-12-20-28-17(15-7-9-16(23)10-8-15)11-19(22(24,25)26)30(20)29-18/h2-10,12-13,17,19,28H,11H2,1H3,(H,27,31)/t13-,17-,19-/m1/s1. The number of aromatic nitrogens is 2. The number of benzene rings is 2. The summed E-state index contributed by atoms with van der Waals surface area (Å²) in [6.45, 7) is 1.81. The lowest BCUT2D eigenvalue weighted by molar-refractivity contribution is -0.173. The zero-order chi connectivity index (χ0) is 22.2. The molecule has 4 rings (SSSR count). The maximum atomic E-state index is 13.8. The molecule has 0 saturated heterocycles. The smallest absolute Gasteiger partial charge is 0.363 e. The van der Waals surface area contributed by atoms with E-state index in [4.69, 9.17) is 0 Å². The Morgan fingerprint density at radius 3 is 2.52 bits per heavy atom. The molecule has 0 spiro atoms. The Labute approximate surface area is 185 Å². The Morgan fingerprint density at radius 1 is 1.19 bits per heavy atom. The van der Waals surface area contributed by atoms with Crippen molar-refractivity contribution in [3.8, 4) is 0 Å². The zero-order valence-corrected chi connectivity index (χ0v) is 18.1. The molecule has 0 radical (unpaired) electrons. The summed E-state index contributed by atoms with van der Waals surface area (Å²) in [5.41, 5.74) is 1.56. The van der Waals surface area contributed by atoms with Crippen LogP contribution in [0.2, 0.25) is 0 Å². The number of halogens is 4. The number of carbonyl (C=O) groups excluding carboxylic acids is 1. The fraction of sp³-hybridized carbons (Fsp3) is 0.273. The van der Waals surface area contributed by atoms with Gasteiger partial charge in [-0.05, 0) is 30.2 Å². The van der Waals surface area contributed by atoms with Crippen LogP contribution in [0.3, 0.4) is 0 Å². The molecule has 1 aromatic heterocycles. The fourth-order valence-electron chi connectivity index (χ4n) is 3.69. The van der Waals surface area contributed by atoms with Crippen LogP contribution in [-0.4, -0.2) is 21.9 Å². The second kappa shape index (κ2) is 8.37. The first kappa shape index (κ1) is 21.4. The van der Waals surface area contributed by atoms with E-state index in [2.05, 4.69) is 31.7 Å². The molecular weight excluding hydrogens is 473 g/mol. The largest absolute Gasteiger partial charge is 0.410 e. The van der Waals surface area contributed by atoms with E-state index < -0.39 is 24.2 Å². The van der Waals surface area contributed by atoms with Gasteiger partial charge in [0.1, 0.15) is 5.82 Å².